The van der Waals surface area contributed by atoms with Gasteiger partial charge in [0.1, 0.15) is 31.6 Å². The number of benzene rings is 4. The minimum absolute atomic E-state index is 0.0480. The molecule has 11 heteroatoms. The van der Waals surface area contributed by atoms with Crippen molar-refractivity contribution in [2.45, 2.75) is 50.2 Å². The minimum atomic E-state index is -4.40. The molecule has 0 saturated carbocycles. The Bertz CT molecular complexity index is 1770. The van der Waals surface area contributed by atoms with Gasteiger partial charge < -0.3 is 19.7 Å². The summed E-state index contributed by atoms with van der Waals surface area (Å²) in [5.74, 6) is -0.857. The van der Waals surface area contributed by atoms with Crippen LogP contribution in [-0.2, 0) is 32.6 Å². The Morgan fingerprint density at radius 3 is 2.11 bits per heavy atom. The maximum atomic E-state index is 14.5. The lowest BCUT2D eigenvalue weighted by Crippen LogP contribution is -2.54. The van der Waals surface area contributed by atoms with Crippen LogP contribution in [0.25, 0.3) is 0 Å². The summed E-state index contributed by atoms with van der Waals surface area (Å²) in [4.78, 5) is 29.7. The zero-order valence-corrected chi connectivity index (χ0v) is 27.2. The van der Waals surface area contributed by atoms with Crippen LogP contribution in [0.2, 0.25) is 0 Å². The molecule has 1 aliphatic heterocycles. The lowest BCUT2D eigenvalue weighted by atomic mass is 10.0. The Hall–Kier alpha value is -4.90. The Kier molecular flexibility index (Phi) is 10.8. The van der Waals surface area contributed by atoms with E-state index < -0.39 is 34.3 Å². The number of hydrogen-bond acceptors (Lipinski definition) is 6. The van der Waals surface area contributed by atoms with Crippen LogP contribution in [0, 0.1) is 5.82 Å². The molecular formula is C36H38FN3O6S. The molecule has 4 aromatic carbocycles. The molecule has 4 aromatic rings. The van der Waals surface area contributed by atoms with Gasteiger partial charge in [-0.1, -0.05) is 67.6 Å². The van der Waals surface area contributed by atoms with Crippen LogP contribution in [0.4, 0.5) is 10.1 Å². The third-order valence-electron chi connectivity index (χ3n) is 7.96. The number of carbonyl (C=O) groups excluding carboxylic acids is 2. The molecule has 2 amide bonds. The Balaban J connectivity index is 1.56. The molecule has 0 fully saturated rings. The summed E-state index contributed by atoms with van der Waals surface area (Å²) in [6, 6.07) is 26.5. The summed E-state index contributed by atoms with van der Waals surface area (Å²) < 4.78 is 54.7. The summed E-state index contributed by atoms with van der Waals surface area (Å²) >= 11 is 0. The predicted octanol–water partition coefficient (Wildman–Crippen LogP) is 5.35. The summed E-state index contributed by atoms with van der Waals surface area (Å²) in [5.41, 5.74) is 1.68. The molecule has 2 atom stereocenters. The van der Waals surface area contributed by atoms with Crippen molar-refractivity contribution in [3.63, 3.8) is 0 Å². The number of anilines is 1. The monoisotopic (exact) mass is 659 g/mol. The number of halogens is 1. The third kappa shape index (κ3) is 8.28. The molecule has 9 nitrogen and oxygen atoms in total. The maximum absolute atomic E-state index is 14.5. The van der Waals surface area contributed by atoms with Crippen LogP contribution >= 0.6 is 0 Å². The van der Waals surface area contributed by atoms with Crippen molar-refractivity contribution in [2.75, 3.05) is 24.1 Å². The number of nitrogens with zero attached hydrogens (tertiary/aromatic N) is 2. The molecule has 0 spiro atoms. The van der Waals surface area contributed by atoms with E-state index in [9.17, 15) is 22.4 Å². The van der Waals surface area contributed by atoms with E-state index in [0.717, 1.165) is 27.6 Å². The van der Waals surface area contributed by atoms with E-state index in [1.807, 2.05) is 74.5 Å². The average Bonchev–Trinajstić information content (AvgIpc) is 3.09. The normalized spacial score (nSPS) is 13.7. The van der Waals surface area contributed by atoms with E-state index >= 15 is 0 Å². The lowest BCUT2D eigenvalue weighted by Gasteiger charge is -2.34. The van der Waals surface area contributed by atoms with Crippen LogP contribution in [0.1, 0.15) is 31.4 Å². The number of amides is 2. The van der Waals surface area contributed by atoms with Gasteiger partial charge in [-0.15, -0.1) is 0 Å². The first kappa shape index (κ1) is 33.5. The number of carbonyl (C=O) groups is 2. The fourth-order valence-electron chi connectivity index (χ4n) is 5.22. The molecule has 1 N–H and O–H groups in total. The van der Waals surface area contributed by atoms with E-state index in [0.29, 0.717) is 18.8 Å². The van der Waals surface area contributed by atoms with Crippen LogP contribution in [0.15, 0.2) is 108 Å². The van der Waals surface area contributed by atoms with Crippen LogP contribution in [-0.4, -0.2) is 57.0 Å². The minimum Gasteiger partial charge on any atom is -0.486 e. The van der Waals surface area contributed by atoms with Crippen LogP contribution in [0.3, 0.4) is 0 Å². The smallest absolute Gasteiger partial charge is 0.264 e. The van der Waals surface area contributed by atoms with Crippen LogP contribution < -0.4 is 19.1 Å². The molecule has 47 heavy (non-hydrogen) atoms. The predicted molar refractivity (Wildman–Crippen MR) is 177 cm³/mol. The highest BCUT2D eigenvalue weighted by Crippen LogP contribution is 2.34. The van der Waals surface area contributed by atoms with Crippen molar-refractivity contribution in [1.29, 1.82) is 0 Å². The zero-order valence-electron chi connectivity index (χ0n) is 26.3. The van der Waals surface area contributed by atoms with Crippen molar-refractivity contribution in [2.24, 2.45) is 0 Å². The molecule has 1 heterocycles. The van der Waals surface area contributed by atoms with Crippen molar-refractivity contribution in [1.82, 2.24) is 10.2 Å². The SMILES string of the molecule is CC[C@@H](C)NC(=O)[C@@H](Cc1ccccc1)N(Cc1ccccc1)C(=O)CN(c1ccc(F)cc1)S(=O)(=O)c1ccc2c(c1)OCCO2. The Morgan fingerprint density at radius 1 is 0.851 bits per heavy atom. The maximum Gasteiger partial charge on any atom is 0.264 e. The molecular weight excluding hydrogens is 621 g/mol. The average molecular weight is 660 g/mol. The van der Waals surface area contributed by atoms with Crippen molar-refractivity contribution >= 4 is 27.5 Å². The van der Waals surface area contributed by atoms with Gasteiger partial charge in [-0.3, -0.25) is 13.9 Å². The number of rotatable bonds is 13. The standard InChI is InChI=1S/C36H38FN3O6S/c1-3-26(2)38-36(42)32(22-27-10-6-4-7-11-27)39(24-28-12-8-5-9-13-28)35(41)25-40(30-16-14-29(37)15-17-30)47(43,44)31-18-19-33-34(23-31)46-21-20-45-33/h4-19,23,26,32H,3,20-22,24-25H2,1-2H3,(H,38,42)/t26-,32-/m1/s1. The Morgan fingerprint density at radius 2 is 1.47 bits per heavy atom. The van der Waals surface area contributed by atoms with Crippen molar-refractivity contribution < 1.29 is 31.9 Å². The number of ether oxygens (including phenoxy) is 2. The topological polar surface area (TPSA) is 105 Å². The van der Waals surface area contributed by atoms with Crippen molar-refractivity contribution in [3.05, 3.63) is 120 Å². The van der Waals surface area contributed by atoms with E-state index in [-0.39, 0.29) is 47.9 Å². The summed E-state index contributed by atoms with van der Waals surface area (Å²) in [7, 11) is -4.40. The molecule has 5 rings (SSSR count). The van der Waals surface area contributed by atoms with Crippen LogP contribution in [0.5, 0.6) is 11.5 Å². The second kappa shape index (κ2) is 15.1. The van der Waals surface area contributed by atoms with Gasteiger partial charge in [0.2, 0.25) is 11.8 Å². The van der Waals surface area contributed by atoms with E-state index in [4.69, 9.17) is 9.47 Å². The first-order chi connectivity index (χ1) is 22.7. The van der Waals surface area contributed by atoms with Gasteiger partial charge in [0.05, 0.1) is 10.6 Å². The molecule has 0 radical (unpaired) electrons. The van der Waals surface area contributed by atoms with Gasteiger partial charge in [-0.25, -0.2) is 12.8 Å². The fourth-order valence-corrected chi connectivity index (χ4v) is 6.65. The Labute approximate surface area is 275 Å². The quantitative estimate of drug-likeness (QED) is 0.208. The number of nitrogens with one attached hydrogen (secondary N) is 1. The third-order valence-corrected chi connectivity index (χ3v) is 9.73. The number of fused-ring (bicyclic) bond motifs is 1. The molecule has 0 saturated heterocycles. The van der Waals surface area contributed by atoms with Gasteiger partial charge in [-0.2, -0.15) is 0 Å². The largest absolute Gasteiger partial charge is 0.486 e. The zero-order chi connectivity index (χ0) is 33.4. The highest BCUT2D eigenvalue weighted by atomic mass is 32.2. The highest BCUT2D eigenvalue weighted by molar-refractivity contribution is 7.92. The molecule has 1 aliphatic rings. The summed E-state index contributed by atoms with van der Waals surface area (Å²) in [6.07, 6.45) is 0.885. The molecule has 0 aliphatic carbocycles. The lowest BCUT2D eigenvalue weighted by molar-refractivity contribution is -0.140. The summed E-state index contributed by atoms with van der Waals surface area (Å²) in [6.45, 7) is 3.82. The molecule has 246 valence electrons. The molecule has 0 aromatic heterocycles. The van der Waals surface area contributed by atoms with Gasteiger partial charge in [0.25, 0.3) is 10.0 Å². The van der Waals surface area contributed by atoms with Crippen molar-refractivity contribution in [3.8, 4) is 11.5 Å². The van der Waals surface area contributed by atoms with E-state index in [1.165, 1.54) is 35.2 Å². The second-order valence-corrected chi connectivity index (χ2v) is 13.2. The summed E-state index contributed by atoms with van der Waals surface area (Å²) in [5, 5.41) is 3.02. The second-order valence-electron chi connectivity index (χ2n) is 11.3. The van der Waals surface area contributed by atoms with E-state index in [2.05, 4.69) is 5.32 Å². The van der Waals surface area contributed by atoms with E-state index in [1.54, 1.807) is 0 Å². The van der Waals surface area contributed by atoms with Gasteiger partial charge in [0, 0.05) is 25.1 Å². The first-order valence-electron chi connectivity index (χ1n) is 15.5. The first-order valence-corrected chi connectivity index (χ1v) is 17.0. The fraction of sp³-hybridized carbons (Fsp3) is 0.278. The molecule has 0 bridgehead atoms. The number of hydrogen-bond donors (Lipinski definition) is 1. The van der Waals surface area contributed by atoms with Gasteiger partial charge >= 0.3 is 0 Å². The van der Waals surface area contributed by atoms with Gasteiger partial charge in [0.15, 0.2) is 11.5 Å². The van der Waals surface area contributed by atoms with Gasteiger partial charge in [-0.05, 0) is 60.9 Å². The number of sulfonamides is 1. The molecule has 0 unspecified atom stereocenters. The highest BCUT2D eigenvalue weighted by Gasteiger charge is 2.35.